The number of carbonyl (C=O) groups is 2. The number of nitrogens with one attached hydrogen (secondary N) is 3. The number of esters is 1. The molecule has 1 aliphatic heterocycles. The number of carbonyl (C=O) groups excluding carboxylic acids is 2. The topological polar surface area (TPSA) is 121 Å². The van der Waals surface area contributed by atoms with Gasteiger partial charge in [-0.05, 0) is 6.92 Å². The maximum Gasteiger partial charge on any atom is 0.313 e. The average Bonchev–Trinajstić information content (AvgIpc) is 2.65. The molecule has 0 fully saturated rings. The zero-order valence-electron chi connectivity index (χ0n) is 8.82. The Morgan fingerprint density at radius 3 is 3.00 bits per heavy atom. The molecule has 16 heavy (non-hydrogen) atoms. The van der Waals surface area contributed by atoms with E-state index in [0.717, 1.165) is 0 Å². The molecule has 1 rings (SSSR count). The average molecular weight is 230 g/mol. The molecular formula is C7H14N6O3. The Balaban J connectivity index is 2.28. The van der Waals surface area contributed by atoms with Gasteiger partial charge in [-0.15, -0.1) is 10.2 Å². The Morgan fingerprint density at radius 2 is 2.38 bits per heavy atom. The van der Waals surface area contributed by atoms with Crippen molar-refractivity contribution in [2.24, 2.45) is 10.9 Å². The lowest BCUT2D eigenvalue weighted by atomic mass is 10.4. The molecule has 5 N–H and O–H groups in total. The number of amides is 1. The van der Waals surface area contributed by atoms with Crippen LogP contribution in [-0.2, 0) is 14.3 Å². The van der Waals surface area contributed by atoms with Gasteiger partial charge in [0.15, 0.2) is 5.84 Å². The van der Waals surface area contributed by atoms with E-state index in [1.807, 2.05) is 5.43 Å². The van der Waals surface area contributed by atoms with Crippen LogP contribution in [0.15, 0.2) is 5.10 Å². The van der Waals surface area contributed by atoms with Gasteiger partial charge in [0, 0.05) is 0 Å². The molecule has 0 aliphatic carbocycles. The van der Waals surface area contributed by atoms with Gasteiger partial charge in [0.1, 0.15) is 13.0 Å². The molecule has 0 radical (unpaired) electrons. The Bertz CT molecular complexity index is 304. The number of amidine groups is 1. The number of nitrogens with zero attached hydrogens (tertiary/aromatic N) is 2. The molecular weight excluding hydrogens is 216 g/mol. The summed E-state index contributed by atoms with van der Waals surface area (Å²) < 4.78 is 4.74. The quantitative estimate of drug-likeness (QED) is 0.179. The van der Waals surface area contributed by atoms with Crippen molar-refractivity contribution in [3.63, 3.8) is 0 Å². The third-order valence-corrected chi connectivity index (χ3v) is 1.65. The van der Waals surface area contributed by atoms with Crippen LogP contribution in [0.4, 0.5) is 0 Å². The number of hydrogen-bond acceptors (Lipinski definition) is 8. The summed E-state index contributed by atoms with van der Waals surface area (Å²) in [5.41, 5.74) is 7.17. The first kappa shape index (κ1) is 12.2. The van der Waals surface area contributed by atoms with Gasteiger partial charge in [0.25, 0.3) is 5.91 Å². The molecule has 9 heteroatoms. The minimum atomic E-state index is -0.396. The molecule has 0 unspecified atom stereocenters. The second kappa shape index (κ2) is 5.88. The molecule has 0 atom stereocenters. The molecule has 0 aromatic heterocycles. The van der Waals surface area contributed by atoms with Crippen molar-refractivity contribution in [2.45, 2.75) is 13.3 Å². The highest BCUT2D eigenvalue weighted by Crippen LogP contribution is 1.94. The van der Waals surface area contributed by atoms with Crippen molar-refractivity contribution < 1.29 is 14.3 Å². The van der Waals surface area contributed by atoms with Crippen molar-refractivity contribution in [2.75, 3.05) is 13.2 Å². The fourth-order valence-corrected chi connectivity index (χ4v) is 1.02. The van der Waals surface area contributed by atoms with Crippen molar-refractivity contribution in [1.29, 1.82) is 0 Å². The monoisotopic (exact) mass is 230 g/mol. The summed E-state index contributed by atoms with van der Waals surface area (Å²) in [6.07, 6.45) is 0.0155. The van der Waals surface area contributed by atoms with E-state index in [4.69, 9.17) is 10.6 Å². The van der Waals surface area contributed by atoms with Crippen molar-refractivity contribution in [3.05, 3.63) is 0 Å². The molecule has 1 amide bonds. The lowest BCUT2D eigenvalue weighted by Crippen LogP contribution is -2.49. The number of nitrogens with two attached hydrogens (primary N) is 1. The molecule has 1 aliphatic rings. The summed E-state index contributed by atoms with van der Waals surface area (Å²) >= 11 is 0. The maximum atomic E-state index is 11.1. The highest BCUT2D eigenvalue weighted by molar-refractivity contribution is 5.97. The zero-order valence-corrected chi connectivity index (χ0v) is 8.82. The number of hydrazone groups is 1. The lowest BCUT2D eigenvalue weighted by molar-refractivity contribution is -0.141. The van der Waals surface area contributed by atoms with E-state index in [9.17, 15) is 9.59 Å². The smallest absolute Gasteiger partial charge is 0.313 e. The normalized spacial score (nSPS) is 14.8. The standard InChI is InChI=1S/C7H14N6O3/c1-2-16-7(15)3-5-10-12-13(11-5)4-6(14)9-8/h12H,2-4,8H2,1H3,(H,9,14)(H,10,11). The van der Waals surface area contributed by atoms with E-state index < -0.39 is 5.91 Å². The van der Waals surface area contributed by atoms with Gasteiger partial charge in [-0.2, -0.15) is 0 Å². The van der Waals surface area contributed by atoms with E-state index in [1.54, 1.807) is 6.92 Å². The molecule has 1 heterocycles. The number of rotatable bonds is 5. The Hall–Kier alpha value is -1.87. The highest BCUT2D eigenvalue weighted by atomic mass is 16.5. The minimum Gasteiger partial charge on any atom is -0.466 e. The van der Waals surface area contributed by atoms with Crippen LogP contribution in [0.5, 0.6) is 0 Å². The summed E-state index contributed by atoms with van der Waals surface area (Å²) in [5.74, 6) is 4.51. The summed E-state index contributed by atoms with van der Waals surface area (Å²) in [7, 11) is 0. The number of hydrogen-bond donors (Lipinski definition) is 4. The molecule has 0 spiro atoms. The molecule has 0 saturated heterocycles. The highest BCUT2D eigenvalue weighted by Gasteiger charge is 2.19. The van der Waals surface area contributed by atoms with E-state index in [-0.39, 0.29) is 18.9 Å². The fraction of sp³-hybridized carbons (Fsp3) is 0.571. The SMILES string of the molecule is CCOC(=O)CC1=NNN(CC(=O)NN)N1. The van der Waals surface area contributed by atoms with Crippen LogP contribution in [0.2, 0.25) is 0 Å². The van der Waals surface area contributed by atoms with Gasteiger partial charge < -0.3 is 4.74 Å². The first-order valence-electron chi connectivity index (χ1n) is 4.67. The predicted molar refractivity (Wildman–Crippen MR) is 54.0 cm³/mol. The fourth-order valence-electron chi connectivity index (χ4n) is 1.02. The van der Waals surface area contributed by atoms with Crippen molar-refractivity contribution in [3.8, 4) is 0 Å². The number of hydrazine groups is 3. The van der Waals surface area contributed by atoms with Crippen molar-refractivity contribution >= 4 is 17.7 Å². The van der Waals surface area contributed by atoms with Gasteiger partial charge >= 0.3 is 5.97 Å². The third-order valence-electron chi connectivity index (χ3n) is 1.65. The van der Waals surface area contributed by atoms with Crippen LogP contribution in [0, 0.1) is 0 Å². The van der Waals surface area contributed by atoms with Crippen LogP contribution in [0.3, 0.4) is 0 Å². The van der Waals surface area contributed by atoms with Gasteiger partial charge in [0.05, 0.1) is 6.61 Å². The van der Waals surface area contributed by atoms with Crippen LogP contribution in [0.25, 0.3) is 0 Å². The van der Waals surface area contributed by atoms with Gasteiger partial charge in [-0.3, -0.25) is 20.4 Å². The third kappa shape index (κ3) is 3.71. The molecule has 9 nitrogen and oxygen atoms in total. The minimum absolute atomic E-state index is 0.0155. The van der Waals surface area contributed by atoms with Gasteiger partial charge in [0.2, 0.25) is 0 Å². The van der Waals surface area contributed by atoms with Crippen molar-refractivity contribution in [1.82, 2.24) is 21.5 Å². The molecule has 0 saturated carbocycles. The molecule has 90 valence electrons. The van der Waals surface area contributed by atoms with Crippen LogP contribution >= 0.6 is 0 Å². The second-order valence-electron chi connectivity index (χ2n) is 2.91. The summed E-state index contributed by atoms with van der Waals surface area (Å²) in [6.45, 7) is 2.00. The van der Waals surface area contributed by atoms with Crippen LogP contribution in [-0.4, -0.2) is 36.0 Å². The zero-order chi connectivity index (χ0) is 12.0. The van der Waals surface area contributed by atoms with E-state index in [2.05, 4.69) is 16.1 Å². The Morgan fingerprint density at radius 1 is 1.62 bits per heavy atom. The molecule has 0 aromatic rings. The maximum absolute atomic E-state index is 11.1. The van der Waals surface area contributed by atoms with E-state index in [1.165, 1.54) is 5.12 Å². The first-order chi connectivity index (χ1) is 7.65. The molecule has 0 bridgehead atoms. The predicted octanol–water partition coefficient (Wildman–Crippen LogP) is -2.43. The summed E-state index contributed by atoms with van der Waals surface area (Å²) in [4.78, 5) is 22.0. The number of ether oxygens (including phenoxy) is 1. The summed E-state index contributed by atoms with van der Waals surface area (Å²) in [6, 6.07) is 0. The first-order valence-corrected chi connectivity index (χ1v) is 4.67. The van der Waals surface area contributed by atoms with E-state index in [0.29, 0.717) is 12.4 Å². The second-order valence-corrected chi connectivity index (χ2v) is 2.91. The van der Waals surface area contributed by atoms with Crippen LogP contribution in [0.1, 0.15) is 13.3 Å². The van der Waals surface area contributed by atoms with Crippen LogP contribution < -0.4 is 22.2 Å². The Labute approximate surface area is 91.9 Å². The molecule has 0 aromatic carbocycles. The van der Waals surface area contributed by atoms with Gasteiger partial charge in [-0.25, -0.2) is 11.4 Å². The largest absolute Gasteiger partial charge is 0.466 e. The lowest BCUT2D eigenvalue weighted by Gasteiger charge is -2.13. The summed E-state index contributed by atoms with van der Waals surface area (Å²) in [5, 5.41) is 5.07. The van der Waals surface area contributed by atoms with Gasteiger partial charge in [-0.1, -0.05) is 0 Å². The van der Waals surface area contributed by atoms with E-state index >= 15 is 0 Å². The Kier molecular flexibility index (Phi) is 4.48.